The number of methoxy groups -OCH3 is 1. The zero-order chi connectivity index (χ0) is 26.5. The highest BCUT2D eigenvalue weighted by atomic mass is 16.6. The molecule has 1 amide bonds. The summed E-state index contributed by atoms with van der Waals surface area (Å²) < 4.78 is 22.5. The van der Waals surface area contributed by atoms with E-state index >= 15 is 0 Å². The van der Waals surface area contributed by atoms with Crippen LogP contribution in [0, 0.1) is 5.92 Å². The van der Waals surface area contributed by atoms with Gasteiger partial charge >= 0.3 is 5.97 Å². The fourth-order valence-electron chi connectivity index (χ4n) is 4.86. The van der Waals surface area contributed by atoms with Gasteiger partial charge in [-0.05, 0) is 39.5 Å². The number of ether oxygens (including phenoxy) is 4. The number of carbonyl (C=O) groups is 2. The molecular weight excluding hydrogens is 466 g/mol. The molecule has 202 valence electrons. The van der Waals surface area contributed by atoms with Gasteiger partial charge in [-0.15, -0.1) is 0 Å². The number of amides is 1. The Kier molecular flexibility index (Phi) is 9.88. The van der Waals surface area contributed by atoms with Crippen LogP contribution in [0.2, 0.25) is 0 Å². The van der Waals surface area contributed by atoms with Crippen molar-refractivity contribution in [1.82, 2.24) is 5.32 Å². The number of nitrogens with one attached hydrogen (secondary N) is 1. The van der Waals surface area contributed by atoms with Gasteiger partial charge in [0.05, 0.1) is 50.6 Å². The molecule has 0 unspecified atom stereocenters. The maximum Gasteiger partial charge on any atom is 0.308 e. The molecule has 0 saturated carbocycles. The molecule has 3 N–H and O–H groups in total. The number of hydrogen-bond acceptors (Lipinski definition) is 8. The predicted molar refractivity (Wildman–Crippen MR) is 133 cm³/mol. The third-order valence-corrected chi connectivity index (χ3v) is 7.20. The van der Waals surface area contributed by atoms with Gasteiger partial charge in [-0.1, -0.05) is 36.8 Å². The average Bonchev–Trinajstić information content (AvgIpc) is 3.60. The van der Waals surface area contributed by atoms with E-state index in [1.54, 1.807) is 6.92 Å². The number of hydrogen-bond donors (Lipinski definition) is 3. The van der Waals surface area contributed by atoms with Crippen molar-refractivity contribution in [3.63, 3.8) is 0 Å². The van der Waals surface area contributed by atoms with Crippen molar-refractivity contribution in [2.45, 2.75) is 102 Å². The molecule has 0 radical (unpaired) electrons. The van der Waals surface area contributed by atoms with Crippen LogP contribution in [0.25, 0.3) is 0 Å². The smallest absolute Gasteiger partial charge is 0.308 e. The van der Waals surface area contributed by atoms with E-state index in [0.717, 1.165) is 18.4 Å². The minimum absolute atomic E-state index is 0.0219. The highest BCUT2D eigenvalue weighted by Gasteiger charge is 2.58. The minimum atomic E-state index is -0.791. The third-order valence-electron chi connectivity index (χ3n) is 7.20. The second-order valence-electron chi connectivity index (χ2n) is 10.4. The Labute approximate surface area is 213 Å². The first-order valence-electron chi connectivity index (χ1n) is 12.7. The molecule has 9 heteroatoms. The molecule has 3 fully saturated rings. The zero-order valence-electron chi connectivity index (χ0n) is 21.9. The summed E-state index contributed by atoms with van der Waals surface area (Å²) in [5.41, 5.74) is 0.372. The summed E-state index contributed by atoms with van der Waals surface area (Å²) in [6, 6.07) is -0.0905. The summed E-state index contributed by atoms with van der Waals surface area (Å²) >= 11 is 0. The second kappa shape index (κ2) is 12.5. The van der Waals surface area contributed by atoms with Gasteiger partial charge in [0.2, 0.25) is 5.91 Å². The van der Waals surface area contributed by atoms with Crippen LogP contribution >= 0.6 is 0 Å². The number of carbonyl (C=O) groups excluding carboxylic acids is 2. The lowest BCUT2D eigenvalue weighted by molar-refractivity contribution is -0.157. The van der Waals surface area contributed by atoms with Crippen LogP contribution in [-0.4, -0.2) is 84.1 Å². The SMILES string of the molecule is COC(=O)C[C@@H]1C[C@@]2(CO2)[C@H](O)[C@@H](/C=C/C(C)=C/C[C@@H]2O[C@H](C)[C@H](NC(=O)/C=C\[C@H](C)O)C[C@@H]2C)O1. The molecule has 0 aromatic heterocycles. The van der Waals surface area contributed by atoms with Gasteiger partial charge < -0.3 is 34.5 Å². The molecule has 1 spiro atoms. The van der Waals surface area contributed by atoms with Gasteiger partial charge in [0.15, 0.2) is 0 Å². The standard InChI is InChI=1S/C27H41NO8/c1-16(7-10-23-26(32)27(15-34-27)14-20(36-23)13-25(31)33-5)6-9-22-17(2)12-21(19(4)35-22)28-24(30)11-8-18(3)29/h6-8,10-11,17-23,26,29,32H,9,12-15H2,1-5H3,(H,28,30)/b10-7+,11-8-,16-6+/t17-,18-,19+,20+,21+,22-,23+,26+,27+/m0/s1. The van der Waals surface area contributed by atoms with Crippen molar-refractivity contribution >= 4 is 11.9 Å². The molecule has 9 nitrogen and oxygen atoms in total. The van der Waals surface area contributed by atoms with Crippen LogP contribution in [0.4, 0.5) is 0 Å². The minimum Gasteiger partial charge on any atom is -0.469 e. The molecule has 3 saturated heterocycles. The number of aliphatic hydroxyl groups is 2. The van der Waals surface area contributed by atoms with Crippen molar-refractivity contribution < 1.29 is 38.7 Å². The van der Waals surface area contributed by atoms with E-state index in [-0.39, 0.29) is 48.6 Å². The normalized spacial score (nSPS) is 37.9. The molecule has 9 atom stereocenters. The monoisotopic (exact) mass is 507 g/mol. The van der Waals surface area contributed by atoms with Crippen molar-refractivity contribution in [2.75, 3.05) is 13.7 Å². The van der Waals surface area contributed by atoms with Crippen LogP contribution in [0.1, 0.15) is 53.4 Å². The first-order chi connectivity index (χ1) is 17.0. The van der Waals surface area contributed by atoms with Crippen LogP contribution in [0.15, 0.2) is 36.0 Å². The van der Waals surface area contributed by atoms with Crippen LogP contribution in [-0.2, 0) is 28.5 Å². The molecule has 3 aliphatic rings. The Hall–Kier alpha value is -2.04. The lowest BCUT2D eigenvalue weighted by Crippen LogP contribution is -2.50. The largest absolute Gasteiger partial charge is 0.469 e. The Bertz CT molecular complexity index is 862. The van der Waals surface area contributed by atoms with Gasteiger partial charge in [0.1, 0.15) is 17.8 Å². The fraction of sp³-hybridized carbons (Fsp3) is 0.704. The Balaban J connectivity index is 1.52. The molecule has 3 aliphatic heterocycles. The number of rotatable bonds is 9. The quantitative estimate of drug-likeness (QED) is 0.187. The second-order valence-corrected chi connectivity index (χ2v) is 10.4. The number of allylic oxidation sites excluding steroid dienone is 2. The van der Waals surface area contributed by atoms with E-state index in [0.29, 0.717) is 13.0 Å². The maximum atomic E-state index is 12.1. The molecule has 36 heavy (non-hydrogen) atoms. The first-order valence-corrected chi connectivity index (χ1v) is 12.7. The summed E-state index contributed by atoms with van der Waals surface area (Å²) in [4.78, 5) is 23.8. The Morgan fingerprint density at radius 2 is 1.97 bits per heavy atom. The van der Waals surface area contributed by atoms with E-state index in [1.807, 2.05) is 26.0 Å². The first kappa shape index (κ1) is 28.5. The number of epoxide rings is 1. The van der Waals surface area contributed by atoms with Crippen molar-refractivity contribution in [2.24, 2.45) is 5.92 Å². The fourth-order valence-corrected chi connectivity index (χ4v) is 4.86. The summed E-state index contributed by atoms with van der Waals surface area (Å²) in [5, 5.41) is 23.0. The number of esters is 1. The van der Waals surface area contributed by atoms with E-state index in [2.05, 4.69) is 18.3 Å². The van der Waals surface area contributed by atoms with Gasteiger partial charge in [0.25, 0.3) is 0 Å². The van der Waals surface area contributed by atoms with Crippen LogP contribution in [0.5, 0.6) is 0 Å². The highest BCUT2D eigenvalue weighted by molar-refractivity contribution is 5.87. The Morgan fingerprint density at radius 3 is 2.61 bits per heavy atom. The summed E-state index contributed by atoms with van der Waals surface area (Å²) in [5.74, 6) is -0.336. The molecular formula is C27H41NO8. The maximum absolute atomic E-state index is 12.1. The van der Waals surface area contributed by atoms with Crippen molar-refractivity contribution in [3.05, 3.63) is 36.0 Å². The van der Waals surface area contributed by atoms with E-state index < -0.39 is 23.9 Å². The van der Waals surface area contributed by atoms with Crippen molar-refractivity contribution in [3.8, 4) is 0 Å². The molecule has 0 aromatic carbocycles. The third kappa shape index (κ3) is 7.73. The lowest BCUT2D eigenvalue weighted by atomic mass is 9.87. The van der Waals surface area contributed by atoms with E-state index in [1.165, 1.54) is 19.3 Å². The molecule has 3 heterocycles. The van der Waals surface area contributed by atoms with Crippen LogP contribution < -0.4 is 5.32 Å². The zero-order valence-corrected chi connectivity index (χ0v) is 21.9. The summed E-state index contributed by atoms with van der Waals surface area (Å²) in [7, 11) is 1.35. The summed E-state index contributed by atoms with van der Waals surface area (Å²) in [6.45, 7) is 8.11. The summed E-state index contributed by atoms with van der Waals surface area (Å²) in [6.07, 6.45) is 8.25. The van der Waals surface area contributed by atoms with Gasteiger partial charge in [-0.3, -0.25) is 9.59 Å². The molecule has 0 bridgehead atoms. The van der Waals surface area contributed by atoms with Gasteiger partial charge in [0, 0.05) is 12.5 Å². The predicted octanol–water partition coefficient (Wildman–Crippen LogP) is 1.96. The van der Waals surface area contributed by atoms with E-state index in [4.69, 9.17) is 18.9 Å². The van der Waals surface area contributed by atoms with Gasteiger partial charge in [-0.25, -0.2) is 0 Å². The van der Waals surface area contributed by atoms with Gasteiger partial charge in [-0.2, -0.15) is 0 Å². The lowest BCUT2D eigenvalue weighted by Gasteiger charge is -2.39. The molecule has 0 aromatic rings. The van der Waals surface area contributed by atoms with Crippen LogP contribution in [0.3, 0.4) is 0 Å². The molecule has 0 aliphatic carbocycles. The number of aliphatic hydroxyl groups excluding tert-OH is 2. The topological polar surface area (TPSA) is 127 Å². The van der Waals surface area contributed by atoms with E-state index in [9.17, 15) is 19.8 Å². The highest BCUT2D eigenvalue weighted by Crippen LogP contribution is 2.43. The Morgan fingerprint density at radius 1 is 1.25 bits per heavy atom. The average molecular weight is 508 g/mol. The van der Waals surface area contributed by atoms with Crippen molar-refractivity contribution in [1.29, 1.82) is 0 Å². The molecule has 3 rings (SSSR count).